The first-order valence-electron chi connectivity index (χ1n) is 8.01. The van der Waals surface area contributed by atoms with E-state index in [1.165, 1.54) is 12.1 Å². The van der Waals surface area contributed by atoms with Crippen LogP contribution in [-0.4, -0.2) is 34.8 Å². The van der Waals surface area contributed by atoms with Crippen LogP contribution in [0.3, 0.4) is 0 Å². The molecule has 0 radical (unpaired) electrons. The molecule has 1 aromatic rings. The largest absolute Gasteiger partial charge is 0.325 e. The first-order valence-corrected chi connectivity index (χ1v) is 8.39. The molecule has 0 saturated carbocycles. The van der Waals surface area contributed by atoms with E-state index in [1.807, 2.05) is 13.8 Å². The van der Waals surface area contributed by atoms with Crippen molar-refractivity contribution in [2.75, 3.05) is 11.9 Å². The fourth-order valence-electron chi connectivity index (χ4n) is 2.56. The Morgan fingerprint density at radius 1 is 1.40 bits per heavy atom. The molecule has 1 fully saturated rings. The van der Waals surface area contributed by atoms with E-state index < -0.39 is 35.7 Å². The Morgan fingerprint density at radius 3 is 2.68 bits per heavy atom. The zero-order valence-corrected chi connectivity index (χ0v) is 15.1. The highest BCUT2D eigenvalue weighted by Crippen LogP contribution is 2.25. The second-order valence-electron chi connectivity index (χ2n) is 6.76. The summed E-state index contributed by atoms with van der Waals surface area (Å²) in [5, 5.41) is 5.18. The van der Waals surface area contributed by atoms with E-state index in [2.05, 4.69) is 10.6 Å². The third-order valence-electron chi connectivity index (χ3n) is 4.07. The summed E-state index contributed by atoms with van der Waals surface area (Å²) >= 11 is 5.65. The van der Waals surface area contributed by atoms with Crippen LogP contribution in [-0.2, 0) is 9.59 Å². The van der Waals surface area contributed by atoms with Gasteiger partial charge in [-0.25, -0.2) is 9.18 Å². The highest BCUT2D eigenvalue weighted by molar-refractivity contribution is 6.30. The topological polar surface area (TPSA) is 78.5 Å². The molecule has 1 saturated heterocycles. The minimum Gasteiger partial charge on any atom is -0.323 e. The first kappa shape index (κ1) is 19.2. The number of imide groups is 1. The molecule has 6 nitrogen and oxygen atoms in total. The summed E-state index contributed by atoms with van der Waals surface area (Å²) in [6.07, 6.45) is 1.25. The predicted octanol–water partition coefficient (Wildman–Crippen LogP) is 3.16. The third kappa shape index (κ3) is 4.48. The lowest BCUT2D eigenvalue weighted by Crippen LogP contribution is -2.44. The van der Waals surface area contributed by atoms with Gasteiger partial charge >= 0.3 is 6.03 Å². The van der Waals surface area contributed by atoms with E-state index in [1.54, 1.807) is 6.92 Å². The van der Waals surface area contributed by atoms with Gasteiger partial charge < -0.3 is 10.6 Å². The Balaban J connectivity index is 2.03. The number of nitrogens with one attached hydrogen (secondary N) is 2. The molecule has 1 aliphatic rings. The maximum Gasteiger partial charge on any atom is 0.325 e. The van der Waals surface area contributed by atoms with Crippen molar-refractivity contribution in [1.82, 2.24) is 10.2 Å². The van der Waals surface area contributed by atoms with E-state index in [-0.39, 0.29) is 10.7 Å². The highest BCUT2D eigenvalue weighted by atomic mass is 35.5. The van der Waals surface area contributed by atoms with Crippen molar-refractivity contribution in [2.45, 2.75) is 39.2 Å². The van der Waals surface area contributed by atoms with Crippen molar-refractivity contribution >= 4 is 35.1 Å². The van der Waals surface area contributed by atoms with Crippen LogP contribution in [0.1, 0.15) is 33.6 Å². The van der Waals surface area contributed by atoms with E-state index >= 15 is 0 Å². The van der Waals surface area contributed by atoms with Gasteiger partial charge in [0, 0.05) is 5.02 Å². The zero-order valence-electron chi connectivity index (χ0n) is 14.4. The van der Waals surface area contributed by atoms with Gasteiger partial charge in [0.25, 0.3) is 5.91 Å². The summed E-state index contributed by atoms with van der Waals surface area (Å²) in [6, 6.07) is 3.18. The Morgan fingerprint density at radius 2 is 2.08 bits per heavy atom. The van der Waals surface area contributed by atoms with Crippen LogP contribution in [0.5, 0.6) is 0 Å². The number of rotatable bonds is 6. The highest BCUT2D eigenvalue weighted by Gasteiger charge is 2.47. The van der Waals surface area contributed by atoms with Crippen molar-refractivity contribution in [2.24, 2.45) is 5.92 Å². The van der Waals surface area contributed by atoms with Crippen molar-refractivity contribution in [3.05, 3.63) is 29.0 Å². The fraction of sp³-hybridized carbons (Fsp3) is 0.471. The number of anilines is 1. The molecule has 25 heavy (non-hydrogen) atoms. The molecule has 1 aromatic carbocycles. The standard InChI is InChI=1S/C17H21ClFN3O3/c1-10(2)6-7-17(3)15(24)22(16(25)21-17)9-14(23)20-13-5-4-11(18)8-12(13)19/h4-5,8,10H,6-7,9H2,1-3H3,(H,20,23)(H,21,25)/t17-/m0/s1. The summed E-state index contributed by atoms with van der Waals surface area (Å²) in [5.74, 6) is -1.44. The average molecular weight is 370 g/mol. The van der Waals surface area contributed by atoms with Crippen LogP contribution >= 0.6 is 11.6 Å². The fourth-order valence-corrected chi connectivity index (χ4v) is 2.72. The van der Waals surface area contributed by atoms with Gasteiger partial charge in [0.2, 0.25) is 5.91 Å². The molecule has 1 atom stereocenters. The van der Waals surface area contributed by atoms with Gasteiger partial charge in [0.1, 0.15) is 17.9 Å². The van der Waals surface area contributed by atoms with Crippen LogP contribution < -0.4 is 10.6 Å². The van der Waals surface area contributed by atoms with Gasteiger partial charge in [0.15, 0.2) is 0 Å². The quantitative estimate of drug-likeness (QED) is 0.756. The number of hydrogen-bond donors (Lipinski definition) is 2. The monoisotopic (exact) mass is 369 g/mol. The van der Waals surface area contributed by atoms with Crippen molar-refractivity contribution < 1.29 is 18.8 Å². The molecular weight excluding hydrogens is 349 g/mol. The van der Waals surface area contributed by atoms with E-state index in [0.29, 0.717) is 12.3 Å². The number of nitrogens with zero attached hydrogens (tertiary/aromatic N) is 1. The van der Waals surface area contributed by atoms with Crippen LogP contribution in [0.4, 0.5) is 14.9 Å². The number of urea groups is 1. The van der Waals surface area contributed by atoms with Crippen molar-refractivity contribution in [1.29, 1.82) is 0 Å². The number of carbonyl (C=O) groups excluding carboxylic acids is 3. The summed E-state index contributed by atoms with van der Waals surface area (Å²) in [4.78, 5) is 37.5. The third-order valence-corrected chi connectivity index (χ3v) is 4.31. The van der Waals surface area contributed by atoms with Gasteiger partial charge in [-0.1, -0.05) is 25.4 Å². The molecule has 0 aromatic heterocycles. The molecule has 2 rings (SSSR count). The summed E-state index contributed by atoms with van der Waals surface area (Å²) in [7, 11) is 0. The van der Waals surface area contributed by atoms with Crippen molar-refractivity contribution in [3.8, 4) is 0 Å². The number of amides is 4. The molecule has 1 aliphatic heterocycles. The average Bonchev–Trinajstić information content (AvgIpc) is 2.72. The minimum absolute atomic E-state index is 0.0657. The maximum atomic E-state index is 13.7. The molecule has 8 heteroatoms. The molecule has 4 amide bonds. The zero-order chi connectivity index (χ0) is 18.8. The Hall–Kier alpha value is -2.15. The van der Waals surface area contributed by atoms with Gasteiger partial charge in [-0.3, -0.25) is 14.5 Å². The number of hydrogen-bond acceptors (Lipinski definition) is 3. The SMILES string of the molecule is CC(C)CC[C@]1(C)NC(=O)N(CC(=O)Nc2ccc(Cl)cc2F)C1=O. The lowest BCUT2D eigenvalue weighted by atomic mass is 9.92. The minimum atomic E-state index is -1.02. The molecule has 136 valence electrons. The summed E-state index contributed by atoms with van der Waals surface area (Å²) in [5.41, 5.74) is -1.09. The smallest absolute Gasteiger partial charge is 0.323 e. The second-order valence-corrected chi connectivity index (χ2v) is 7.19. The van der Waals surface area contributed by atoms with Crippen LogP contribution in [0, 0.1) is 11.7 Å². The molecule has 0 spiro atoms. The number of benzene rings is 1. The summed E-state index contributed by atoms with van der Waals surface area (Å²) < 4.78 is 13.7. The molecule has 0 unspecified atom stereocenters. The lowest BCUT2D eigenvalue weighted by molar-refractivity contribution is -0.133. The Bertz CT molecular complexity index is 710. The second kappa shape index (κ2) is 7.39. The molecule has 1 heterocycles. The summed E-state index contributed by atoms with van der Waals surface area (Å²) in [6.45, 7) is 5.21. The van der Waals surface area contributed by atoms with E-state index in [4.69, 9.17) is 11.6 Å². The van der Waals surface area contributed by atoms with Gasteiger partial charge in [-0.2, -0.15) is 0 Å². The van der Waals surface area contributed by atoms with Gasteiger partial charge in [-0.05, 0) is 43.9 Å². The van der Waals surface area contributed by atoms with Gasteiger partial charge in [-0.15, -0.1) is 0 Å². The van der Waals surface area contributed by atoms with Crippen molar-refractivity contribution in [3.63, 3.8) is 0 Å². The first-order chi connectivity index (χ1) is 11.6. The van der Waals surface area contributed by atoms with E-state index in [0.717, 1.165) is 17.4 Å². The molecular formula is C17H21ClFN3O3. The molecule has 2 N–H and O–H groups in total. The Kier molecular flexibility index (Phi) is 5.67. The van der Waals surface area contributed by atoms with Crippen LogP contribution in [0.2, 0.25) is 5.02 Å². The lowest BCUT2D eigenvalue weighted by Gasteiger charge is -2.22. The predicted molar refractivity (Wildman–Crippen MR) is 92.8 cm³/mol. The molecule has 0 aliphatic carbocycles. The number of halogens is 2. The van der Waals surface area contributed by atoms with E-state index in [9.17, 15) is 18.8 Å². The number of carbonyl (C=O) groups is 3. The maximum absolute atomic E-state index is 13.7. The molecule has 0 bridgehead atoms. The van der Waals surface area contributed by atoms with Crippen LogP contribution in [0.25, 0.3) is 0 Å². The Labute approximate surface area is 150 Å². The normalized spacial score (nSPS) is 20.2. The van der Waals surface area contributed by atoms with Crippen LogP contribution in [0.15, 0.2) is 18.2 Å². The van der Waals surface area contributed by atoms with Gasteiger partial charge in [0.05, 0.1) is 5.69 Å².